The number of nitrogens with one attached hydrogen (secondary N) is 2. The molecule has 2 atom stereocenters. The van der Waals surface area contributed by atoms with Crippen LogP contribution in [0.4, 0.5) is 0 Å². The van der Waals surface area contributed by atoms with Crippen LogP contribution in [0.3, 0.4) is 0 Å². The number of nitrogens with zero attached hydrogens (tertiary/aromatic N) is 1. The Morgan fingerprint density at radius 2 is 2.22 bits per heavy atom. The molecule has 2 N–H and O–H groups in total. The van der Waals surface area contributed by atoms with Gasteiger partial charge >= 0.3 is 0 Å². The average molecular weight is 317 g/mol. The Labute approximate surface area is 138 Å². The van der Waals surface area contributed by atoms with Crippen molar-refractivity contribution >= 4 is 5.91 Å². The number of carbonyl (C=O) groups excluding carboxylic acids is 1. The van der Waals surface area contributed by atoms with E-state index in [1.807, 2.05) is 12.1 Å². The minimum absolute atomic E-state index is 0.113. The number of hydrogen-bond acceptors (Lipinski definition) is 4. The first kappa shape index (κ1) is 16.2. The maximum Gasteiger partial charge on any atom is 0.223 e. The van der Waals surface area contributed by atoms with E-state index < -0.39 is 0 Å². The van der Waals surface area contributed by atoms with Gasteiger partial charge in [0.05, 0.1) is 0 Å². The number of hydrogen-bond donors (Lipinski definition) is 2. The SMILES string of the molecule is C[C@H]1C[C@@H](C(=O)NCc2cccnc2OC2CCCC2)CCN1. The zero-order chi connectivity index (χ0) is 16.1. The second kappa shape index (κ2) is 7.77. The van der Waals surface area contributed by atoms with Crippen molar-refractivity contribution in [2.75, 3.05) is 6.54 Å². The van der Waals surface area contributed by atoms with Crippen molar-refractivity contribution in [3.63, 3.8) is 0 Å². The van der Waals surface area contributed by atoms with Gasteiger partial charge in [-0.25, -0.2) is 4.98 Å². The van der Waals surface area contributed by atoms with Crippen molar-refractivity contribution in [3.8, 4) is 5.88 Å². The fraction of sp³-hybridized carbons (Fsp3) is 0.667. The first-order valence-electron chi connectivity index (χ1n) is 8.84. The second-order valence-corrected chi connectivity index (χ2v) is 6.79. The summed E-state index contributed by atoms with van der Waals surface area (Å²) < 4.78 is 6.03. The van der Waals surface area contributed by atoms with Gasteiger partial charge in [-0.15, -0.1) is 0 Å². The van der Waals surface area contributed by atoms with Crippen LogP contribution in [0.25, 0.3) is 0 Å². The molecule has 1 aliphatic heterocycles. The molecule has 23 heavy (non-hydrogen) atoms. The molecule has 0 aromatic carbocycles. The monoisotopic (exact) mass is 317 g/mol. The molecule has 1 saturated heterocycles. The quantitative estimate of drug-likeness (QED) is 0.875. The van der Waals surface area contributed by atoms with Crippen molar-refractivity contribution in [1.29, 1.82) is 0 Å². The summed E-state index contributed by atoms with van der Waals surface area (Å²) in [6.07, 6.45) is 8.53. The van der Waals surface area contributed by atoms with Gasteiger partial charge in [0.2, 0.25) is 11.8 Å². The fourth-order valence-electron chi connectivity index (χ4n) is 3.53. The minimum atomic E-state index is 0.113. The van der Waals surface area contributed by atoms with E-state index in [2.05, 4.69) is 22.5 Å². The Morgan fingerprint density at radius 3 is 3.00 bits per heavy atom. The van der Waals surface area contributed by atoms with Crippen LogP contribution in [-0.4, -0.2) is 29.6 Å². The fourth-order valence-corrected chi connectivity index (χ4v) is 3.53. The molecule has 0 spiro atoms. The van der Waals surface area contributed by atoms with E-state index in [-0.39, 0.29) is 17.9 Å². The van der Waals surface area contributed by atoms with E-state index in [4.69, 9.17) is 4.74 Å². The number of amides is 1. The number of rotatable bonds is 5. The summed E-state index contributed by atoms with van der Waals surface area (Å²) in [7, 11) is 0. The van der Waals surface area contributed by atoms with Crippen LogP contribution in [0.5, 0.6) is 5.88 Å². The van der Waals surface area contributed by atoms with Gasteiger partial charge in [-0.05, 0) is 58.1 Å². The lowest BCUT2D eigenvalue weighted by molar-refractivity contribution is -0.126. The molecule has 0 unspecified atom stereocenters. The van der Waals surface area contributed by atoms with Crippen LogP contribution in [0.2, 0.25) is 0 Å². The number of ether oxygens (including phenoxy) is 1. The second-order valence-electron chi connectivity index (χ2n) is 6.79. The highest BCUT2D eigenvalue weighted by molar-refractivity contribution is 5.78. The van der Waals surface area contributed by atoms with Gasteiger partial charge in [0.15, 0.2) is 0 Å². The van der Waals surface area contributed by atoms with Crippen molar-refractivity contribution < 1.29 is 9.53 Å². The van der Waals surface area contributed by atoms with Crippen LogP contribution in [0.1, 0.15) is 51.0 Å². The predicted octanol–water partition coefficient (Wildman–Crippen LogP) is 2.41. The first-order valence-corrected chi connectivity index (χ1v) is 8.84. The number of piperidine rings is 1. The number of carbonyl (C=O) groups is 1. The van der Waals surface area contributed by atoms with E-state index in [1.165, 1.54) is 12.8 Å². The lowest BCUT2D eigenvalue weighted by atomic mass is 9.92. The maximum absolute atomic E-state index is 12.4. The third-order valence-corrected chi connectivity index (χ3v) is 4.88. The topological polar surface area (TPSA) is 63.2 Å². The van der Waals surface area contributed by atoms with Gasteiger partial charge in [0, 0.05) is 30.3 Å². The van der Waals surface area contributed by atoms with Crippen LogP contribution < -0.4 is 15.4 Å². The molecule has 1 amide bonds. The highest BCUT2D eigenvalue weighted by Crippen LogP contribution is 2.25. The molecule has 0 bridgehead atoms. The third kappa shape index (κ3) is 4.44. The van der Waals surface area contributed by atoms with E-state index in [0.29, 0.717) is 18.5 Å². The van der Waals surface area contributed by atoms with Crippen molar-refractivity contribution in [1.82, 2.24) is 15.6 Å². The van der Waals surface area contributed by atoms with Gasteiger partial charge in [0.25, 0.3) is 0 Å². The molecule has 0 radical (unpaired) electrons. The Balaban J connectivity index is 1.56. The summed E-state index contributed by atoms with van der Waals surface area (Å²) in [4.78, 5) is 16.7. The molecule has 5 heteroatoms. The highest BCUT2D eigenvalue weighted by atomic mass is 16.5. The van der Waals surface area contributed by atoms with Crippen molar-refractivity contribution in [2.24, 2.45) is 5.92 Å². The molecular weight excluding hydrogens is 290 g/mol. The molecule has 1 aliphatic carbocycles. The summed E-state index contributed by atoms with van der Waals surface area (Å²) in [5, 5.41) is 6.45. The summed E-state index contributed by atoms with van der Waals surface area (Å²) in [5.41, 5.74) is 0.967. The highest BCUT2D eigenvalue weighted by Gasteiger charge is 2.25. The lowest BCUT2D eigenvalue weighted by Gasteiger charge is -2.27. The van der Waals surface area contributed by atoms with E-state index >= 15 is 0 Å². The molecule has 1 aromatic rings. The molecule has 2 heterocycles. The molecule has 126 valence electrons. The summed E-state index contributed by atoms with van der Waals surface area (Å²) >= 11 is 0. The van der Waals surface area contributed by atoms with Crippen LogP contribution in [0.15, 0.2) is 18.3 Å². The van der Waals surface area contributed by atoms with Gasteiger partial charge in [0.1, 0.15) is 6.10 Å². The Bertz CT molecular complexity index is 529. The molecule has 1 aromatic heterocycles. The van der Waals surface area contributed by atoms with E-state index in [9.17, 15) is 4.79 Å². The van der Waals surface area contributed by atoms with Crippen molar-refractivity contribution in [2.45, 2.75) is 64.1 Å². The van der Waals surface area contributed by atoms with E-state index in [0.717, 1.165) is 37.8 Å². The molecule has 5 nitrogen and oxygen atoms in total. The average Bonchev–Trinajstić information content (AvgIpc) is 3.07. The molecule has 2 aliphatic rings. The Morgan fingerprint density at radius 1 is 1.39 bits per heavy atom. The van der Waals surface area contributed by atoms with Gasteiger partial charge in [-0.2, -0.15) is 0 Å². The standard InChI is InChI=1S/C18H27N3O2/c1-13-11-14(8-10-19-13)17(22)21-12-15-5-4-9-20-18(15)23-16-6-2-3-7-16/h4-5,9,13-14,16,19H,2-3,6-8,10-12H2,1H3,(H,21,22)/t13-,14-/m0/s1. The third-order valence-electron chi connectivity index (χ3n) is 4.88. The van der Waals surface area contributed by atoms with Crippen molar-refractivity contribution in [3.05, 3.63) is 23.9 Å². The van der Waals surface area contributed by atoms with Crippen LogP contribution in [0, 0.1) is 5.92 Å². The largest absolute Gasteiger partial charge is 0.474 e. The smallest absolute Gasteiger partial charge is 0.223 e. The maximum atomic E-state index is 12.4. The predicted molar refractivity (Wildman–Crippen MR) is 89.2 cm³/mol. The van der Waals surface area contributed by atoms with E-state index in [1.54, 1.807) is 6.20 Å². The van der Waals surface area contributed by atoms with Gasteiger partial charge in [-0.3, -0.25) is 4.79 Å². The van der Waals surface area contributed by atoms with Gasteiger partial charge in [-0.1, -0.05) is 6.07 Å². The van der Waals surface area contributed by atoms with Crippen LogP contribution in [-0.2, 0) is 11.3 Å². The Hall–Kier alpha value is -1.62. The molecule has 2 fully saturated rings. The number of pyridine rings is 1. The molecule has 3 rings (SSSR count). The zero-order valence-corrected chi connectivity index (χ0v) is 13.9. The summed E-state index contributed by atoms with van der Waals surface area (Å²) in [5.74, 6) is 0.939. The Kier molecular flexibility index (Phi) is 5.49. The van der Waals surface area contributed by atoms with Gasteiger partial charge < -0.3 is 15.4 Å². The zero-order valence-electron chi connectivity index (χ0n) is 13.9. The first-order chi connectivity index (χ1) is 11.2. The normalized spacial score (nSPS) is 25.3. The van der Waals surface area contributed by atoms with Crippen LogP contribution >= 0.6 is 0 Å². The summed E-state index contributed by atoms with van der Waals surface area (Å²) in [6.45, 7) is 3.54. The number of aromatic nitrogens is 1. The lowest BCUT2D eigenvalue weighted by Crippen LogP contribution is -2.42. The molecular formula is C18H27N3O2. The summed E-state index contributed by atoms with van der Waals surface area (Å²) in [6, 6.07) is 4.30. The minimum Gasteiger partial charge on any atom is -0.474 e. The molecule has 1 saturated carbocycles.